The zero-order valence-electron chi connectivity index (χ0n) is 12.0. The number of ether oxygens (including phenoxy) is 1. The fraction of sp³-hybridized carbons (Fsp3) is 0.417. The van der Waals surface area contributed by atoms with Crippen LogP contribution >= 0.6 is 24.2 Å². The van der Waals surface area contributed by atoms with Crippen molar-refractivity contribution in [1.82, 2.24) is 10.6 Å². The smallest absolute Gasteiger partial charge is 0.285 e. The second kappa shape index (κ2) is 9.43. The molecule has 0 bridgehead atoms. The maximum atomic E-state index is 12.0. The Balaban J connectivity index is 0.00000400. The van der Waals surface area contributed by atoms with Gasteiger partial charge in [0.05, 0.1) is 23.0 Å². The number of hydrogen-bond acceptors (Lipinski definition) is 6. The fourth-order valence-electron chi connectivity index (χ4n) is 1.60. The second-order valence-electron chi connectivity index (χ2n) is 3.84. The number of carbonyl (C=O) groups excluding carboxylic acids is 1. The molecule has 0 saturated heterocycles. The molecule has 1 amide bonds. The first-order valence-corrected chi connectivity index (χ1v) is 7.10. The number of amides is 1. The third-order valence-corrected chi connectivity index (χ3v) is 3.36. The van der Waals surface area contributed by atoms with Crippen molar-refractivity contribution < 1.29 is 14.5 Å². The molecular weight excluding hydrogens is 318 g/mol. The Morgan fingerprint density at radius 3 is 2.57 bits per heavy atom. The average molecular weight is 336 g/mol. The monoisotopic (exact) mass is 335 g/mol. The van der Waals surface area contributed by atoms with Gasteiger partial charge in [0.15, 0.2) is 0 Å². The first-order chi connectivity index (χ1) is 9.54. The van der Waals surface area contributed by atoms with Crippen LogP contribution in [0.25, 0.3) is 0 Å². The summed E-state index contributed by atoms with van der Waals surface area (Å²) in [6.07, 6.45) is 1.81. The number of likely N-dealkylation sites (N-methyl/N-ethyl adjacent to an activating group) is 1. The van der Waals surface area contributed by atoms with Crippen molar-refractivity contribution in [2.45, 2.75) is 4.90 Å². The quantitative estimate of drug-likeness (QED) is 0.341. The number of methoxy groups -OCH3 is 1. The van der Waals surface area contributed by atoms with Gasteiger partial charge in [0.2, 0.25) is 0 Å². The van der Waals surface area contributed by atoms with Gasteiger partial charge in [-0.05, 0) is 19.4 Å². The molecule has 0 unspecified atom stereocenters. The zero-order valence-corrected chi connectivity index (χ0v) is 13.6. The molecule has 0 atom stereocenters. The first kappa shape index (κ1) is 19.5. The summed E-state index contributed by atoms with van der Waals surface area (Å²) in [5.41, 5.74) is -0.224. The minimum absolute atomic E-state index is 0. The van der Waals surface area contributed by atoms with Crippen LogP contribution in [0.4, 0.5) is 5.69 Å². The minimum Gasteiger partial charge on any atom is -0.495 e. The number of rotatable bonds is 7. The molecular formula is C12H18ClN3O4S. The molecule has 0 aliphatic heterocycles. The van der Waals surface area contributed by atoms with Crippen molar-refractivity contribution in [3.63, 3.8) is 0 Å². The highest BCUT2D eigenvalue weighted by atomic mass is 35.5. The highest BCUT2D eigenvalue weighted by Crippen LogP contribution is 2.34. The number of nitro groups is 1. The van der Waals surface area contributed by atoms with E-state index in [1.165, 1.54) is 31.0 Å². The Labute approximate surface area is 133 Å². The van der Waals surface area contributed by atoms with Gasteiger partial charge in [-0.1, -0.05) is 0 Å². The largest absolute Gasteiger partial charge is 0.495 e. The van der Waals surface area contributed by atoms with E-state index < -0.39 is 10.8 Å². The number of halogens is 1. The zero-order chi connectivity index (χ0) is 15.1. The van der Waals surface area contributed by atoms with Gasteiger partial charge in [-0.3, -0.25) is 14.9 Å². The Morgan fingerprint density at radius 1 is 1.43 bits per heavy atom. The van der Waals surface area contributed by atoms with E-state index in [9.17, 15) is 14.9 Å². The molecule has 1 aromatic rings. The fourth-order valence-corrected chi connectivity index (χ4v) is 2.18. The van der Waals surface area contributed by atoms with Crippen LogP contribution in [-0.2, 0) is 0 Å². The molecule has 0 aliphatic carbocycles. The third-order valence-electron chi connectivity index (χ3n) is 2.60. The van der Waals surface area contributed by atoms with Gasteiger partial charge in [0, 0.05) is 13.1 Å². The lowest BCUT2D eigenvalue weighted by Crippen LogP contribution is -2.30. The number of nitrogens with zero attached hydrogens (tertiary/aromatic N) is 1. The summed E-state index contributed by atoms with van der Waals surface area (Å²) in [6, 6.07) is 2.76. The number of carbonyl (C=O) groups is 1. The number of benzene rings is 1. The molecule has 0 radical (unpaired) electrons. The SMILES string of the molecule is CNCCNC(=O)c1cc(SC)c(OC)cc1[N+](=O)[O-].Cl. The van der Waals surface area contributed by atoms with Gasteiger partial charge in [-0.25, -0.2) is 0 Å². The number of nitrogens with one attached hydrogen (secondary N) is 2. The van der Waals surface area contributed by atoms with Crippen molar-refractivity contribution in [3.05, 3.63) is 27.8 Å². The molecule has 9 heteroatoms. The summed E-state index contributed by atoms with van der Waals surface area (Å²) in [5.74, 6) is -0.0825. The Hall–Kier alpha value is -1.51. The van der Waals surface area contributed by atoms with Crippen molar-refractivity contribution in [3.8, 4) is 5.75 Å². The van der Waals surface area contributed by atoms with Gasteiger partial charge < -0.3 is 15.4 Å². The average Bonchev–Trinajstić information content (AvgIpc) is 2.45. The lowest BCUT2D eigenvalue weighted by molar-refractivity contribution is -0.385. The van der Waals surface area contributed by atoms with E-state index in [0.717, 1.165) is 0 Å². The van der Waals surface area contributed by atoms with E-state index in [-0.39, 0.29) is 23.7 Å². The molecule has 21 heavy (non-hydrogen) atoms. The molecule has 1 aromatic carbocycles. The van der Waals surface area contributed by atoms with Gasteiger partial charge in [0.1, 0.15) is 11.3 Å². The molecule has 0 aromatic heterocycles. The summed E-state index contributed by atoms with van der Waals surface area (Å²) in [5, 5.41) is 16.6. The molecule has 0 aliphatic rings. The van der Waals surface area contributed by atoms with E-state index in [1.54, 1.807) is 7.05 Å². The third kappa shape index (κ3) is 5.07. The molecule has 0 saturated carbocycles. The second-order valence-corrected chi connectivity index (χ2v) is 4.69. The maximum Gasteiger partial charge on any atom is 0.285 e. The van der Waals surface area contributed by atoms with Crippen LogP contribution < -0.4 is 15.4 Å². The molecule has 118 valence electrons. The molecule has 0 spiro atoms. The molecule has 0 heterocycles. The summed E-state index contributed by atoms with van der Waals surface area (Å²) >= 11 is 1.36. The number of nitro benzene ring substituents is 1. The maximum absolute atomic E-state index is 12.0. The summed E-state index contributed by atoms with van der Waals surface area (Å²) in [7, 11) is 3.19. The normalized spacial score (nSPS) is 9.67. The van der Waals surface area contributed by atoms with Gasteiger partial charge in [-0.15, -0.1) is 24.2 Å². The Morgan fingerprint density at radius 2 is 2.10 bits per heavy atom. The van der Waals surface area contributed by atoms with Crippen LogP contribution in [0.15, 0.2) is 17.0 Å². The van der Waals surface area contributed by atoms with E-state index in [1.807, 2.05) is 6.26 Å². The number of hydrogen-bond donors (Lipinski definition) is 2. The van der Waals surface area contributed by atoms with Crippen LogP contribution in [-0.4, -0.2) is 44.3 Å². The van der Waals surface area contributed by atoms with Gasteiger partial charge in [0.25, 0.3) is 11.6 Å². The summed E-state index contributed by atoms with van der Waals surface area (Å²) < 4.78 is 5.09. The molecule has 2 N–H and O–H groups in total. The first-order valence-electron chi connectivity index (χ1n) is 5.88. The summed E-state index contributed by atoms with van der Waals surface area (Å²) in [6.45, 7) is 0.984. The molecule has 0 fully saturated rings. The van der Waals surface area contributed by atoms with Crippen molar-refractivity contribution in [2.24, 2.45) is 0 Å². The predicted octanol–water partition coefficient (Wildman–Crippen LogP) is 1.70. The van der Waals surface area contributed by atoms with Gasteiger partial charge >= 0.3 is 0 Å². The highest BCUT2D eigenvalue weighted by molar-refractivity contribution is 7.98. The van der Waals surface area contributed by atoms with Crippen LogP contribution in [0.3, 0.4) is 0 Å². The number of thioether (sulfide) groups is 1. The lowest BCUT2D eigenvalue weighted by atomic mass is 10.1. The lowest BCUT2D eigenvalue weighted by Gasteiger charge is -2.10. The van der Waals surface area contributed by atoms with E-state index >= 15 is 0 Å². The van der Waals surface area contributed by atoms with E-state index in [2.05, 4.69) is 10.6 Å². The Kier molecular flexibility index (Phi) is 8.75. The molecule has 1 rings (SSSR count). The van der Waals surface area contributed by atoms with Gasteiger partial charge in [-0.2, -0.15) is 0 Å². The van der Waals surface area contributed by atoms with E-state index in [0.29, 0.717) is 23.7 Å². The van der Waals surface area contributed by atoms with Crippen molar-refractivity contribution >= 4 is 35.8 Å². The highest BCUT2D eigenvalue weighted by Gasteiger charge is 2.23. The minimum atomic E-state index is -0.584. The standard InChI is InChI=1S/C12H17N3O4S.ClH/c1-13-4-5-14-12(16)8-6-11(20-3)10(19-2)7-9(8)15(17)18;/h6-7,13H,4-5H2,1-3H3,(H,14,16);1H. The Bertz CT molecular complexity index is 514. The van der Waals surface area contributed by atoms with Crippen LogP contribution in [0.1, 0.15) is 10.4 Å². The van der Waals surface area contributed by atoms with Crippen LogP contribution in [0.2, 0.25) is 0 Å². The van der Waals surface area contributed by atoms with Crippen LogP contribution in [0.5, 0.6) is 5.75 Å². The van der Waals surface area contributed by atoms with Crippen molar-refractivity contribution in [2.75, 3.05) is 33.5 Å². The van der Waals surface area contributed by atoms with E-state index in [4.69, 9.17) is 4.74 Å². The predicted molar refractivity (Wildman–Crippen MR) is 84.9 cm³/mol. The van der Waals surface area contributed by atoms with Crippen LogP contribution in [0, 0.1) is 10.1 Å². The topological polar surface area (TPSA) is 93.5 Å². The van der Waals surface area contributed by atoms with Crippen molar-refractivity contribution in [1.29, 1.82) is 0 Å². The molecule has 7 nitrogen and oxygen atoms in total. The summed E-state index contributed by atoms with van der Waals surface area (Å²) in [4.78, 5) is 23.2.